The Labute approximate surface area is 149 Å². The van der Waals surface area contributed by atoms with E-state index in [9.17, 15) is 14.0 Å². The molecule has 1 aromatic rings. The van der Waals surface area contributed by atoms with Gasteiger partial charge in [0.1, 0.15) is 5.60 Å². The molecule has 0 aromatic heterocycles. The second-order valence-electron chi connectivity index (χ2n) is 6.77. The number of amides is 1. The Morgan fingerprint density at radius 3 is 2.42 bits per heavy atom. The minimum absolute atomic E-state index is 0.00150. The van der Waals surface area contributed by atoms with Gasteiger partial charge in [0.05, 0.1) is 6.54 Å². The average Bonchev–Trinajstić information content (AvgIpc) is 2.46. The maximum atomic E-state index is 14.3. The van der Waals surface area contributed by atoms with Gasteiger partial charge in [-0.05, 0) is 32.9 Å². The third-order valence-corrected chi connectivity index (χ3v) is 4.09. The molecule has 0 radical (unpaired) electrons. The summed E-state index contributed by atoms with van der Waals surface area (Å²) in [5.74, 6) is -0.0691. The highest BCUT2D eigenvalue weighted by Crippen LogP contribution is 2.17. The van der Waals surface area contributed by atoms with Crippen LogP contribution in [0.4, 0.5) is 9.18 Å². The van der Waals surface area contributed by atoms with Crippen LogP contribution in [0.3, 0.4) is 0 Å². The number of rotatable bonds is 3. The van der Waals surface area contributed by atoms with E-state index in [0.717, 1.165) is 9.37 Å². The number of halogens is 2. The molecule has 0 unspecified atom stereocenters. The minimum atomic E-state index is -1.48. The molecule has 7 heteroatoms. The summed E-state index contributed by atoms with van der Waals surface area (Å²) in [5.41, 5.74) is -0.0749. The minimum Gasteiger partial charge on any atom is -0.444 e. The zero-order chi connectivity index (χ0) is 17.9. The van der Waals surface area contributed by atoms with Crippen molar-refractivity contribution in [3.63, 3.8) is 0 Å². The normalized spacial score (nSPS) is 19.2. The Balaban J connectivity index is 1.90. The van der Waals surface area contributed by atoms with Crippen LogP contribution in [0.25, 0.3) is 0 Å². The zero-order valence-corrected chi connectivity index (χ0v) is 15.7. The van der Waals surface area contributed by atoms with Crippen molar-refractivity contribution in [3.05, 3.63) is 34.3 Å². The summed E-state index contributed by atoms with van der Waals surface area (Å²) in [6.45, 7) is 5.99. The topological polar surface area (TPSA) is 49.9 Å². The van der Waals surface area contributed by atoms with Gasteiger partial charge in [-0.25, -0.2) is 9.18 Å². The molecule has 0 aliphatic carbocycles. The van der Waals surface area contributed by atoms with Crippen LogP contribution in [0, 0.1) is 0 Å². The van der Waals surface area contributed by atoms with Crippen molar-refractivity contribution in [1.82, 2.24) is 9.80 Å². The zero-order valence-electron chi connectivity index (χ0n) is 14.1. The van der Waals surface area contributed by atoms with E-state index in [-0.39, 0.29) is 25.4 Å². The quantitative estimate of drug-likeness (QED) is 0.575. The first-order chi connectivity index (χ1) is 11.2. The summed E-state index contributed by atoms with van der Waals surface area (Å²) >= 11 is 3.32. The summed E-state index contributed by atoms with van der Waals surface area (Å²) in [5, 5.41) is 0. The highest BCUT2D eigenvalue weighted by molar-refractivity contribution is 9.10. The number of ketones is 1. The van der Waals surface area contributed by atoms with Gasteiger partial charge in [-0.1, -0.05) is 28.1 Å². The van der Waals surface area contributed by atoms with E-state index < -0.39 is 18.0 Å². The number of benzene rings is 1. The lowest BCUT2D eigenvalue weighted by Gasteiger charge is -2.37. The van der Waals surface area contributed by atoms with E-state index >= 15 is 0 Å². The molecular formula is C17H22BrFN2O3. The molecule has 0 saturated carbocycles. The van der Waals surface area contributed by atoms with Crippen LogP contribution < -0.4 is 0 Å². The van der Waals surface area contributed by atoms with E-state index in [2.05, 4.69) is 15.9 Å². The van der Waals surface area contributed by atoms with Crippen LogP contribution in [0.5, 0.6) is 0 Å². The summed E-state index contributed by atoms with van der Waals surface area (Å²) in [6, 6.07) is 7.06. The number of Topliss-reactive ketones (excluding diaryl/α,β-unsaturated/α-hetero) is 1. The standard InChI is InChI=1S/C17H22BrFN2O3/c1-17(2,3)24-16(23)21-9-8-20(11-15(21)19)10-14(22)12-4-6-13(18)7-5-12/h4-7,15H,8-11H2,1-3H3/t15-/m0/s1. The first kappa shape index (κ1) is 18.9. The van der Waals surface area contributed by atoms with Crippen molar-refractivity contribution in [2.75, 3.05) is 26.2 Å². The molecule has 1 amide bonds. The van der Waals surface area contributed by atoms with Crippen molar-refractivity contribution < 1.29 is 18.7 Å². The predicted octanol–water partition coefficient (Wildman–Crippen LogP) is 3.48. The molecule has 0 spiro atoms. The number of carbonyl (C=O) groups excluding carboxylic acids is 2. The summed E-state index contributed by atoms with van der Waals surface area (Å²) in [7, 11) is 0. The number of alkyl halides is 1. The van der Waals surface area contributed by atoms with Crippen molar-refractivity contribution in [3.8, 4) is 0 Å². The maximum Gasteiger partial charge on any atom is 0.412 e. The van der Waals surface area contributed by atoms with Crippen LogP contribution in [0.2, 0.25) is 0 Å². The lowest BCUT2D eigenvalue weighted by atomic mass is 10.1. The molecule has 1 aliphatic rings. The maximum absolute atomic E-state index is 14.3. The van der Waals surface area contributed by atoms with E-state index in [1.165, 1.54) is 0 Å². The fourth-order valence-corrected chi connectivity index (χ4v) is 2.66. The Bertz CT molecular complexity index is 601. The van der Waals surface area contributed by atoms with Crippen LogP contribution in [-0.4, -0.2) is 59.8 Å². The molecule has 0 N–H and O–H groups in total. The molecule has 1 fully saturated rings. The molecule has 1 aromatic carbocycles. The van der Waals surface area contributed by atoms with E-state index in [1.54, 1.807) is 49.9 Å². The average molecular weight is 401 g/mol. The van der Waals surface area contributed by atoms with Crippen molar-refractivity contribution in [1.29, 1.82) is 0 Å². The van der Waals surface area contributed by atoms with Gasteiger partial charge in [0.15, 0.2) is 12.1 Å². The molecule has 1 atom stereocenters. The van der Waals surface area contributed by atoms with E-state index in [0.29, 0.717) is 12.1 Å². The number of hydrogen-bond acceptors (Lipinski definition) is 4. The summed E-state index contributed by atoms with van der Waals surface area (Å²) < 4.78 is 20.4. The van der Waals surface area contributed by atoms with Crippen LogP contribution >= 0.6 is 15.9 Å². The Hall–Kier alpha value is -1.47. The summed E-state index contributed by atoms with van der Waals surface area (Å²) in [4.78, 5) is 27.0. The number of hydrogen-bond donors (Lipinski definition) is 0. The molecule has 0 bridgehead atoms. The van der Waals surface area contributed by atoms with Crippen LogP contribution in [0.15, 0.2) is 28.7 Å². The van der Waals surface area contributed by atoms with Gasteiger partial charge in [-0.15, -0.1) is 0 Å². The van der Waals surface area contributed by atoms with Gasteiger partial charge in [-0.3, -0.25) is 14.6 Å². The molecule has 1 heterocycles. The Morgan fingerprint density at radius 1 is 1.25 bits per heavy atom. The number of nitrogens with zero attached hydrogens (tertiary/aromatic N) is 2. The highest BCUT2D eigenvalue weighted by Gasteiger charge is 2.33. The van der Waals surface area contributed by atoms with Gasteiger partial charge in [0.2, 0.25) is 0 Å². The van der Waals surface area contributed by atoms with E-state index in [1.807, 2.05) is 0 Å². The van der Waals surface area contributed by atoms with Crippen molar-refractivity contribution in [2.45, 2.75) is 32.7 Å². The highest BCUT2D eigenvalue weighted by atomic mass is 79.9. The third kappa shape index (κ3) is 5.27. The molecule has 1 aliphatic heterocycles. The van der Waals surface area contributed by atoms with Gasteiger partial charge < -0.3 is 4.74 Å². The second kappa shape index (κ2) is 7.61. The van der Waals surface area contributed by atoms with Gasteiger partial charge in [0, 0.05) is 29.7 Å². The number of ether oxygens (including phenoxy) is 1. The lowest BCUT2D eigenvalue weighted by Crippen LogP contribution is -2.55. The predicted molar refractivity (Wildman–Crippen MR) is 92.7 cm³/mol. The fraction of sp³-hybridized carbons (Fsp3) is 0.529. The SMILES string of the molecule is CC(C)(C)OC(=O)N1CCN(CC(=O)c2ccc(Br)cc2)C[C@H]1F. The molecule has 5 nitrogen and oxygen atoms in total. The van der Waals surface area contributed by atoms with Crippen molar-refractivity contribution >= 4 is 27.8 Å². The lowest BCUT2D eigenvalue weighted by molar-refractivity contribution is -0.0299. The van der Waals surface area contributed by atoms with Crippen LogP contribution in [0.1, 0.15) is 31.1 Å². The van der Waals surface area contributed by atoms with E-state index in [4.69, 9.17) is 4.74 Å². The Kier molecular flexibility index (Phi) is 5.98. The molecule has 1 saturated heterocycles. The first-order valence-electron chi connectivity index (χ1n) is 7.80. The monoisotopic (exact) mass is 400 g/mol. The van der Waals surface area contributed by atoms with Crippen LogP contribution in [-0.2, 0) is 4.74 Å². The molecule has 132 valence electrons. The third-order valence-electron chi connectivity index (χ3n) is 3.57. The number of piperazine rings is 1. The molecule has 2 rings (SSSR count). The Morgan fingerprint density at radius 2 is 1.88 bits per heavy atom. The molecular weight excluding hydrogens is 379 g/mol. The van der Waals surface area contributed by atoms with Crippen molar-refractivity contribution in [2.24, 2.45) is 0 Å². The van der Waals surface area contributed by atoms with Gasteiger partial charge >= 0.3 is 6.09 Å². The van der Waals surface area contributed by atoms with Gasteiger partial charge in [-0.2, -0.15) is 0 Å². The number of carbonyl (C=O) groups is 2. The molecule has 24 heavy (non-hydrogen) atoms. The fourth-order valence-electron chi connectivity index (χ4n) is 2.39. The first-order valence-corrected chi connectivity index (χ1v) is 8.60. The van der Waals surface area contributed by atoms with Gasteiger partial charge in [0.25, 0.3) is 0 Å². The smallest absolute Gasteiger partial charge is 0.412 e. The summed E-state index contributed by atoms with van der Waals surface area (Å²) in [6.07, 6.45) is -2.14. The second-order valence-corrected chi connectivity index (χ2v) is 7.69. The largest absolute Gasteiger partial charge is 0.444 e.